The lowest BCUT2D eigenvalue weighted by Crippen LogP contribution is -2.10. The van der Waals surface area contributed by atoms with Gasteiger partial charge >= 0.3 is 30.4 Å². The van der Waals surface area contributed by atoms with Gasteiger partial charge in [-0.15, -0.1) is 0 Å². The molecule has 0 fully saturated rings. The third-order valence-electron chi connectivity index (χ3n) is 1.60. The van der Waals surface area contributed by atoms with E-state index in [9.17, 15) is 25.3 Å². The van der Waals surface area contributed by atoms with Crippen LogP contribution in [0.2, 0.25) is 0 Å². The van der Waals surface area contributed by atoms with Crippen LogP contribution in [0.5, 0.6) is 17.2 Å². The zero-order valence-corrected chi connectivity index (χ0v) is 13.6. The zero-order chi connectivity index (χ0) is 16.5. The summed E-state index contributed by atoms with van der Waals surface area (Å²) in [6.45, 7) is 0. The lowest BCUT2D eigenvalue weighted by molar-refractivity contribution is 0.473. The van der Waals surface area contributed by atoms with Gasteiger partial charge in [0.25, 0.3) is 0 Å². The van der Waals surface area contributed by atoms with Crippen LogP contribution in [0.1, 0.15) is 0 Å². The van der Waals surface area contributed by atoms with Crippen LogP contribution in [-0.2, 0) is 30.4 Å². The highest BCUT2D eigenvalue weighted by molar-refractivity contribution is 7.86. The molecule has 0 heterocycles. The molecule has 0 saturated heterocycles. The molecular formula is C9H12O9S3. The molecule has 1 rings (SSSR count). The molecule has 9 nitrogen and oxygen atoms in total. The summed E-state index contributed by atoms with van der Waals surface area (Å²) < 4.78 is 79.9. The van der Waals surface area contributed by atoms with Crippen LogP contribution in [0.3, 0.4) is 0 Å². The summed E-state index contributed by atoms with van der Waals surface area (Å²) in [7, 11) is -11.7. The van der Waals surface area contributed by atoms with E-state index in [4.69, 9.17) is 0 Å². The molecule has 120 valence electrons. The Kier molecular flexibility index (Phi) is 4.75. The third kappa shape index (κ3) is 7.72. The van der Waals surface area contributed by atoms with Gasteiger partial charge in [-0.2, -0.15) is 25.3 Å². The van der Waals surface area contributed by atoms with E-state index >= 15 is 0 Å². The van der Waals surface area contributed by atoms with Gasteiger partial charge in [-0.1, -0.05) is 0 Å². The smallest absolute Gasteiger partial charge is 0.306 e. The molecule has 0 amide bonds. The van der Waals surface area contributed by atoms with Gasteiger partial charge in [0, 0.05) is 18.2 Å². The van der Waals surface area contributed by atoms with Crippen molar-refractivity contribution < 1.29 is 37.8 Å². The summed E-state index contributed by atoms with van der Waals surface area (Å²) in [5.74, 6) is -1.09. The molecular weight excluding hydrogens is 348 g/mol. The van der Waals surface area contributed by atoms with Gasteiger partial charge in [0.15, 0.2) is 0 Å². The highest BCUT2D eigenvalue weighted by Gasteiger charge is 2.14. The fourth-order valence-corrected chi connectivity index (χ4v) is 2.55. The van der Waals surface area contributed by atoms with E-state index in [0.717, 1.165) is 37.0 Å². The van der Waals surface area contributed by atoms with Crippen LogP contribution >= 0.6 is 0 Å². The molecule has 0 atom stereocenters. The van der Waals surface area contributed by atoms with E-state index in [1.165, 1.54) is 0 Å². The molecule has 0 bridgehead atoms. The Hall–Kier alpha value is -1.53. The first kappa shape index (κ1) is 17.5. The Labute approximate surface area is 122 Å². The predicted molar refractivity (Wildman–Crippen MR) is 72.9 cm³/mol. The minimum atomic E-state index is -3.91. The van der Waals surface area contributed by atoms with Gasteiger partial charge < -0.3 is 12.5 Å². The van der Waals surface area contributed by atoms with Crippen molar-refractivity contribution >= 4 is 30.4 Å². The quantitative estimate of drug-likeness (QED) is 0.627. The minimum absolute atomic E-state index is 0.364. The maximum Gasteiger partial charge on any atom is 0.306 e. The standard InChI is InChI=1S/C9H12O9S3/c1-19(10,11)16-7-4-8(17-20(2,12)13)6-9(5-7)18-21(3,14)15/h4-6H,1-3H3. The number of benzene rings is 1. The average Bonchev–Trinajstić information content (AvgIpc) is 2.06. The first-order chi connectivity index (χ1) is 9.23. The van der Waals surface area contributed by atoms with E-state index in [2.05, 4.69) is 12.5 Å². The summed E-state index contributed by atoms with van der Waals surface area (Å²) in [5, 5.41) is 0. The first-order valence-corrected chi connectivity index (χ1v) is 10.5. The Morgan fingerprint density at radius 2 is 0.762 bits per heavy atom. The van der Waals surface area contributed by atoms with Crippen molar-refractivity contribution in [1.29, 1.82) is 0 Å². The maximum absolute atomic E-state index is 11.1. The van der Waals surface area contributed by atoms with Crippen LogP contribution in [0.25, 0.3) is 0 Å². The normalized spacial score (nSPS) is 12.7. The summed E-state index contributed by atoms with van der Waals surface area (Å²) in [6, 6.07) is 2.87. The maximum atomic E-state index is 11.1. The van der Waals surface area contributed by atoms with Gasteiger partial charge in [0.2, 0.25) is 0 Å². The fourth-order valence-electron chi connectivity index (χ4n) is 1.21. The van der Waals surface area contributed by atoms with Crippen molar-refractivity contribution in [2.75, 3.05) is 18.8 Å². The predicted octanol–water partition coefficient (Wildman–Crippen LogP) is -0.298. The van der Waals surface area contributed by atoms with Crippen molar-refractivity contribution in [3.05, 3.63) is 18.2 Å². The number of hydrogen-bond donors (Lipinski definition) is 0. The molecule has 12 heteroatoms. The van der Waals surface area contributed by atoms with Crippen LogP contribution < -0.4 is 12.5 Å². The van der Waals surface area contributed by atoms with Crippen molar-refractivity contribution in [3.63, 3.8) is 0 Å². The fraction of sp³-hybridized carbons (Fsp3) is 0.333. The van der Waals surface area contributed by atoms with Crippen LogP contribution in [0.4, 0.5) is 0 Å². The van der Waals surface area contributed by atoms with Gasteiger partial charge in [0.05, 0.1) is 18.8 Å². The Morgan fingerprint density at radius 3 is 0.905 bits per heavy atom. The Morgan fingerprint density at radius 1 is 0.571 bits per heavy atom. The second-order valence-corrected chi connectivity index (χ2v) is 8.73. The molecule has 1 aromatic carbocycles. The van der Waals surface area contributed by atoms with Crippen molar-refractivity contribution in [2.24, 2.45) is 0 Å². The summed E-state index contributed by atoms with van der Waals surface area (Å²) in [4.78, 5) is 0. The molecule has 0 aliphatic rings. The van der Waals surface area contributed by atoms with E-state index < -0.39 is 30.4 Å². The highest BCUT2D eigenvalue weighted by atomic mass is 32.2. The minimum Gasteiger partial charge on any atom is -0.382 e. The largest absolute Gasteiger partial charge is 0.382 e. The summed E-state index contributed by atoms with van der Waals surface area (Å²) >= 11 is 0. The number of rotatable bonds is 6. The van der Waals surface area contributed by atoms with E-state index in [-0.39, 0.29) is 17.2 Å². The SMILES string of the molecule is CS(=O)(=O)Oc1cc(OS(C)(=O)=O)cc(OS(C)(=O)=O)c1. The van der Waals surface area contributed by atoms with Crippen molar-refractivity contribution in [3.8, 4) is 17.2 Å². The van der Waals surface area contributed by atoms with Gasteiger partial charge in [-0.05, 0) is 0 Å². The topological polar surface area (TPSA) is 130 Å². The van der Waals surface area contributed by atoms with E-state index in [1.807, 2.05) is 0 Å². The molecule has 0 aliphatic carbocycles. The summed E-state index contributed by atoms with van der Waals surface area (Å²) in [6.07, 6.45) is 2.27. The lowest BCUT2D eigenvalue weighted by atomic mass is 10.3. The highest BCUT2D eigenvalue weighted by Crippen LogP contribution is 2.30. The number of hydrogen-bond acceptors (Lipinski definition) is 9. The molecule has 21 heavy (non-hydrogen) atoms. The molecule has 0 saturated carbocycles. The first-order valence-electron chi connectivity index (χ1n) is 5.07. The van der Waals surface area contributed by atoms with E-state index in [0.29, 0.717) is 0 Å². The second-order valence-electron chi connectivity index (χ2n) is 4.00. The van der Waals surface area contributed by atoms with Gasteiger partial charge in [-0.3, -0.25) is 0 Å². The monoisotopic (exact) mass is 360 g/mol. The third-order valence-corrected chi connectivity index (χ3v) is 3.08. The molecule has 0 aromatic heterocycles. The van der Waals surface area contributed by atoms with Crippen molar-refractivity contribution in [2.45, 2.75) is 0 Å². The van der Waals surface area contributed by atoms with Crippen LogP contribution in [0, 0.1) is 0 Å². The molecule has 0 unspecified atom stereocenters. The summed E-state index contributed by atoms with van der Waals surface area (Å²) in [5.41, 5.74) is 0. The van der Waals surface area contributed by atoms with E-state index in [1.54, 1.807) is 0 Å². The molecule has 0 spiro atoms. The second kappa shape index (κ2) is 5.69. The molecule has 0 radical (unpaired) electrons. The molecule has 0 N–H and O–H groups in total. The van der Waals surface area contributed by atoms with Gasteiger partial charge in [0.1, 0.15) is 17.2 Å². The molecule has 1 aromatic rings. The Bertz CT molecular complexity index is 708. The van der Waals surface area contributed by atoms with Crippen LogP contribution in [0.15, 0.2) is 18.2 Å². The van der Waals surface area contributed by atoms with Crippen molar-refractivity contribution in [1.82, 2.24) is 0 Å². The zero-order valence-electron chi connectivity index (χ0n) is 11.1. The lowest BCUT2D eigenvalue weighted by Gasteiger charge is -2.09. The Balaban J connectivity index is 3.31. The molecule has 0 aliphatic heterocycles. The average molecular weight is 360 g/mol. The van der Waals surface area contributed by atoms with Crippen LogP contribution in [-0.4, -0.2) is 44.0 Å². The van der Waals surface area contributed by atoms with Gasteiger partial charge in [-0.25, -0.2) is 0 Å².